The summed E-state index contributed by atoms with van der Waals surface area (Å²) in [7, 11) is 0. The number of nitrogens with one attached hydrogen (secondary N) is 2. The van der Waals surface area contributed by atoms with Gasteiger partial charge in [-0.25, -0.2) is 9.89 Å². The molecule has 2 heterocycles. The van der Waals surface area contributed by atoms with E-state index in [1.54, 1.807) is 12.1 Å². The summed E-state index contributed by atoms with van der Waals surface area (Å²) >= 11 is 0. The summed E-state index contributed by atoms with van der Waals surface area (Å²) in [5, 5.41) is 13.7. The molecule has 1 aromatic carbocycles. The van der Waals surface area contributed by atoms with Crippen molar-refractivity contribution in [1.29, 1.82) is 0 Å². The van der Waals surface area contributed by atoms with Gasteiger partial charge in [0.2, 0.25) is 0 Å². The average Bonchev–Trinajstić information content (AvgIpc) is 2.88. The lowest BCUT2D eigenvalue weighted by atomic mass is 10.1. The van der Waals surface area contributed by atoms with E-state index in [0.29, 0.717) is 18.0 Å². The number of nitrogens with zero attached hydrogens (tertiary/aromatic N) is 3. The number of fused-ring (bicyclic) bond motifs is 1. The van der Waals surface area contributed by atoms with Gasteiger partial charge in [-0.05, 0) is 30.2 Å². The fourth-order valence-corrected chi connectivity index (χ4v) is 2.13. The maximum absolute atomic E-state index is 11.5. The smallest absolute Gasteiger partial charge is 0.362 e. The fraction of sp³-hybridized carbons (Fsp3) is 0.214. The van der Waals surface area contributed by atoms with Crippen molar-refractivity contribution in [3.8, 4) is 0 Å². The quantitative estimate of drug-likeness (QED) is 0.664. The molecule has 0 saturated heterocycles. The Kier molecular flexibility index (Phi) is 3.41. The van der Waals surface area contributed by atoms with E-state index in [1.165, 1.54) is 4.52 Å². The lowest BCUT2D eigenvalue weighted by Crippen LogP contribution is -2.15. The first-order chi connectivity index (χ1) is 10.2. The molecule has 2 aromatic heterocycles. The van der Waals surface area contributed by atoms with Crippen LogP contribution in [-0.4, -0.2) is 19.8 Å². The third-order valence-corrected chi connectivity index (χ3v) is 3.35. The predicted molar refractivity (Wildman–Crippen MR) is 80.0 cm³/mol. The molecule has 7 heteroatoms. The van der Waals surface area contributed by atoms with E-state index < -0.39 is 0 Å². The van der Waals surface area contributed by atoms with E-state index in [1.807, 2.05) is 31.2 Å². The molecule has 3 aromatic rings. The zero-order valence-corrected chi connectivity index (χ0v) is 11.6. The third-order valence-electron chi connectivity index (χ3n) is 3.35. The number of hydrogen-bond acceptors (Lipinski definition) is 5. The van der Waals surface area contributed by atoms with E-state index in [0.717, 1.165) is 11.1 Å². The highest BCUT2D eigenvalue weighted by Gasteiger charge is 2.08. The van der Waals surface area contributed by atoms with Crippen LogP contribution in [0, 0.1) is 0 Å². The molecule has 0 aliphatic heterocycles. The van der Waals surface area contributed by atoms with Crippen LogP contribution in [0.5, 0.6) is 0 Å². The first-order valence-electron chi connectivity index (χ1n) is 6.67. The highest BCUT2D eigenvalue weighted by molar-refractivity contribution is 5.44. The highest BCUT2D eigenvalue weighted by Crippen LogP contribution is 2.18. The van der Waals surface area contributed by atoms with Gasteiger partial charge in [0, 0.05) is 12.6 Å². The Bertz CT molecular complexity index is 804. The molecule has 7 nitrogen and oxygen atoms in total. The molecule has 0 fully saturated rings. The van der Waals surface area contributed by atoms with Gasteiger partial charge in [0.1, 0.15) is 5.82 Å². The van der Waals surface area contributed by atoms with Crippen LogP contribution in [0.25, 0.3) is 5.65 Å². The average molecular weight is 284 g/mol. The van der Waals surface area contributed by atoms with Crippen LogP contribution < -0.4 is 16.7 Å². The molecule has 0 spiro atoms. The monoisotopic (exact) mass is 284 g/mol. The minimum Gasteiger partial charge on any atom is -0.362 e. The molecule has 0 aliphatic carbocycles. The van der Waals surface area contributed by atoms with Gasteiger partial charge in [-0.3, -0.25) is 0 Å². The number of hydrogen-bond donors (Lipinski definition) is 3. The summed E-state index contributed by atoms with van der Waals surface area (Å²) in [5.41, 5.74) is 7.94. The van der Waals surface area contributed by atoms with Crippen molar-refractivity contribution in [2.24, 2.45) is 5.73 Å². The van der Waals surface area contributed by atoms with E-state index in [-0.39, 0.29) is 11.7 Å². The van der Waals surface area contributed by atoms with E-state index in [2.05, 4.69) is 20.6 Å². The molecule has 21 heavy (non-hydrogen) atoms. The molecule has 1 atom stereocenters. The molecule has 0 bridgehead atoms. The maximum atomic E-state index is 11.5. The van der Waals surface area contributed by atoms with Crippen molar-refractivity contribution in [3.63, 3.8) is 0 Å². The topological polar surface area (TPSA) is 101 Å². The van der Waals surface area contributed by atoms with Crippen molar-refractivity contribution >= 4 is 11.5 Å². The molecular formula is C14H16N6O. The first-order valence-corrected chi connectivity index (χ1v) is 6.67. The summed E-state index contributed by atoms with van der Waals surface area (Å²) in [5.74, 6) is 0.612. The van der Waals surface area contributed by atoms with Crippen molar-refractivity contribution < 1.29 is 0 Å². The van der Waals surface area contributed by atoms with Crippen LogP contribution in [0.3, 0.4) is 0 Å². The number of H-pyrrole nitrogens is 1. The molecule has 1 unspecified atom stereocenters. The fourth-order valence-electron chi connectivity index (χ4n) is 2.13. The molecule has 0 saturated carbocycles. The molecular weight excluding hydrogens is 268 g/mol. The number of aromatic amines is 1. The number of anilines is 1. The zero-order chi connectivity index (χ0) is 14.8. The minimum atomic E-state index is -0.353. The van der Waals surface area contributed by atoms with Crippen molar-refractivity contribution in [1.82, 2.24) is 19.8 Å². The lowest BCUT2D eigenvalue weighted by molar-refractivity contribution is 0.829. The van der Waals surface area contributed by atoms with E-state index in [9.17, 15) is 4.79 Å². The van der Waals surface area contributed by atoms with Crippen LogP contribution in [0.2, 0.25) is 0 Å². The SMILES string of the molecule is CC(Nc1ccc2n[nH]c(=O)n2n1)c1ccc(CN)cc1. The molecule has 108 valence electrons. The Labute approximate surface area is 120 Å². The molecule has 4 N–H and O–H groups in total. The Balaban J connectivity index is 1.82. The largest absolute Gasteiger partial charge is 0.364 e. The summed E-state index contributed by atoms with van der Waals surface area (Å²) in [6.45, 7) is 2.56. The third kappa shape index (κ3) is 2.63. The molecule has 0 radical (unpaired) electrons. The normalized spacial score (nSPS) is 12.5. The second-order valence-corrected chi connectivity index (χ2v) is 4.83. The van der Waals surface area contributed by atoms with Crippen molar-refractivity contribution in [2.75, 3.05) is 5.32 Å². The van der Waals surface area contributed by atoms with Gasteiger partial charge in [-0.2, -0.15) is 9.61 Å². The van der Waals surface area contributed by atoms with E-state index >= 15 is 0 Å². The van der Waals surface area contributed by atoms with E-state index in [4.69, 9.17) is 5.73 Å². The Morgan fingerprint density at radius 2 is 2.05 bits per heavy atom. The van der Waals surface area contributed by atoms with Gasteiger partial charge < -0.3 is 11.1 Å². The minimum absolute atomic E-state index is 0.0596. The van der Waals surface area contributed by atoms with Crippen molar-refractivity contribution in [2.45, 2.75) is 19.5 Å². The van der Waals surface area contributed by atoms with Gasteiger partial charge in [-0.15, -0.1) is 5.10 Å². The molecule has 0 aliphatic rings. The number of aromatic nitrogens is 4. The lowest BCUT2D eigenvalue weighted by Gasteiger charge is -2.15. The number of rotatable bonds is 4. The Morgan fingerprint density at radius 1 is 1.29 bits per heavy atom. The maximum Gasteiger partial charge on any atom is 0.364 e. The standard InChI is InChI=1S/C14H16N6O/c1-9(11-4-2-10(8-15)3-5-11)16-12-6-7-13-17-18-14(21)20(13)19-12/h2-7,9H,8,15H2,1H3,(H,16,19)(H,18,21). The van der Waals surface area contributed by atoms with Crippen LogP contribution >= 0.6 is 0 Å². The first kappa shape index (κ1) is 13.3. The van der Waals surface area contributed by atoms with Gasteiger partial charge in [0.25, 0.3) is 0 Å². The van der Waals surface area contributed by atoms with Crippen LogP contribution in [0.15, 0.2) is 41.2 Å². The molecule has 3 rings (SSSR count). The number of benzene rings is 1. The summed E-state index contributed by atoms with van der Waals surface area (Å²) in [6, 6.07) is 11.7. The predicted octanol–water partition coefficient (Wildman–Crippen LogP) is 1.05. The Hall–Kier alpha value is -2.67. The summed E-state index contributed by atoms with van der Waals surface area (Å²) < 4.78 is 1.23. The highest BCUT2D eigenvalue weighted by atomic mass is 16.2. The zero-order valence-electron chi connectivity index (χ0n) is 11.6. The second-order valence-electron chi connectivity index (χ2n) is 4.83. The summed E-state index contributed by atoms with van der Waals surface area (Å²) in [4.78, 5) is 11.5. The number of nitrogens with two attached hydrogens (primary N) is 1. The van der Waals surface area contributed by atoms with Gasteiger partial charge >= 0.3 is 5.69 Å². The molecule has 0 amide bonds. The van der Waals surface area contributed by atoms with Crippen LogP contribution in [-0.2, 0) is 6.54 Å². The van der Waals surface area contributed by atoms with Gasteiger partial charge in [-0.1, -0.05) is 24.3 Å². The Morgan fingerprint density at radius 3 is 2.76 bits per heavy atom. The van der Waals surface area contributed by atoms with Gasteiger partial charge in [0.15, 0.2) is 5.65 Å². The summed E-state index contributed by atoms with van der Waals surface area (Å²) in [6.07, 6.45) is 0. The van der Waals surface area contributed by atoms with Gasteiger partial charge in [0.05, 0.1) is 0 Å². The van der Waals surface area contributed by atoms with Crippen LogP contribution in [0.4, 0.5) is 5.82 Å². The van der Waals surface area contributed by atoms with Crippen molar-refractivity contribution in [3.05, 3.63) is 58.0 Å². The van der Waals surface area contributed by atoms with Crippen LogP contribution in [0.1, 0.15) is 24.1 Å². The second kappa shape index (κ2) is 5.37.